The molecule has 0 bridgehead atoms. The molecule has 2 rings (SSSR count). The number of nitrogens with one attached hydrogen (secondary N) is 1. The average molecular weight is 256 g/mol. The van der Waals surface area contributed by atoms with Gasteiger partial charge in [-0.1, -0.05) is 0 Å². The molecular formula is C12H14F2N2O2. The fourth-order valence-corrected chi connectivity index (χ4v) is 1.89. The summed E-state index contributed by atoms with van der Waals surface area (Å²) in [4.78, 5) is 11.8. The number of nitrogens with two attached hydrogens (primary N) is 1. The number of halogens is 2. The van der Waals surface area contributed by atoms with Gasteiger partial charge in [-0.3, -0.25) is 4.79 Å². The van der Waals surface area contributed by atoms with Crippen molar-refractivity contribution in [2.45, 2.75) is 18.9 Å². The predicted octanol–water partition coefficient (Wildman–Crippen LogP) is 1.46. The van der Waals surface area contributed by atoms with Crippen molar-refractivity contribution in [1.29, 1.82) is 0 Å². The highest BCUT2D eigenvalue weighted by atomic mass is 19.1. The van der Waals surface area contributed by atoms with Crippen LogP contribution < -0.4 is 11.1 Å². The first-order valence-corrected chi connectivity index (χ1v) is 5.71. The van der Waals surface area contributed by atoms with Crippen LogP contribution in [0, 0.1) is 11.6 Å². The minimum absolute atomic E-state index is 0.171. The van der Waals surface area contributed by atoms with Crippen LogP contribution in [-0.2, 0) is 4.74 Å². The number of carbonyl (C=O) groups excluding carboxylic acids is 1. The maximum absolute atomic E-state index is 13.6. The monoisotopic (exact) mass is 256 g/mol. The molecule has 1 atom stereocenters. The van der Waals surface area contributed by atoms with Crippen molar-refractivity contribution in [2.24, 2.45) is 0 Å². The number of amides is 1. The van der Waals surface area contributed by atoms with Gasteiger partial charge in [-0.15, -0.1) is 0 Å². The van der Waals surface area contributed by atoms with Crippen LogP contribution in [0.1, 0.15) is 23.2 Å². The minimum atomic E-state index is -0.898. The molecule has 4 nitrogen and oxygen atoms in total. The van der Waals surface area contributed by atoms with E-state index in [1.165, 1.54) is 0 Å². The third kappa shape index (κ3) is 2.76. The Balaban J connectivity index is 2.13. The molecule has 1 aromatic carbocycles. The standard InChI is InChI=1S/C12H14F2N2O2/c13-7-4-9(11(14)10(15)5-7)12(17)16-8-2-1-3-18-6-8/h4-5,8H,1-3,6,15H2,(H,16,17). The number of benzene rings is 1. The van der Waals surface area contributed by atoms with Gasteiger partial charge in [0.25, 0.3) is 5.91 Å². The summed E-state index contributed by atoms with van der Waals surface area (Å²) in [7, 11) is 0. The highest BCUT2D eigenvalue weighted by molar-refractivity contribution is 5.95. The summed E-state index contributed by atoms with van der Waals surface area (Å²) in [6.45, 7) is 1.05. The van der Waals surface area contributed by atoms with Gasteiger partial charge < -0.3 is 15.8 Å². The quantitative estimate of drug-likeness (QED) is 0.787. The van der Waals surface area contributed by atoms with E-state index < -0.39 is 17.5 Å². The molecule has 1 aliphatic heterocycles. The molecule has 1 saturated heterocycles. The molecule has 0 aromatic heterocycles. The lowest BCUT2D eigenvalue weighted by Gasteiger charge is -2.23. The highest BCUT2D eigenvalue weighted by Gasteiger charge is 2.21. The van der Waals surface area contributed by atoms with E-state index in [1.807, 2.05) is 0 Å². The van der Waals surface area contributed by atoms with Gasteiger partial charge in [-0.2, -0.15) is 0 Å². The van der Waals surface area contributed by atoms with Crippen LogP contribution in [0.5, 0.6) is 0 Å². The summed E-state index contributed by atoms with van der Waals surface area (Å²) in [6.07, 6.45) is 1.59. The Bertz CT molecular complexity index is 460. The number of hydrogen-bond acceptors (Lipinski definition) is 3. The van der Waals surface area contributed by atoms with E-state index in [4.69, 9.17) is 10.5 Å². The lowest BCUT2D eigenvalue weighted by atomic mass is 10.1. The number of carbonyl (C=O) groups is 1. The number of nitrogen functional groups attached to an aromatic ring is 1. The SMILES string of the molecule is Nc1cc(F)cc(C(=O)NC2CCCOC2)c1F. The Morgan fingerprint density at radius 2 is 2.22 bits per heavy atom. The average Bonchev–Trinajstić information content (AvgIpc) is 2.35. The molecule has 6 heteroatoms. The summed E-state index contributed by atoms with van der Waals surface area (Å²) in [6, 6.07) is 1.51. The Morgan fingerprint density at radius 3 is 2.89 bits per heavy atom. The van der Waals surface area contributed by atoms with Crippen molar-refractivity contribution in [1.82, 2.24) is 5.32 Å². The van der Waals surface area contributed by atoms with E-state index in [0.717, 1.165) is 25.0 Å². The summed E-state index contributed by atoms with van der Waals surface area (Å²) in [5, 5.41) is 2.60. The molecule has 0 saturated carbocycles. The van der Waals surface area contributed by atoms with E-state index in [1.54, 1.807) is 0 Å². The first-order valence-electron chi connectivity index (χ1n) is 5.71. The fraction of sp³-hybridized carbons (Fsp3) is 0.417. The van der Waals surface area contributed by atoms with E-state index in [9.17, 15) is 13.6 Å². The third-order valence-corrected chi connectivity index (χ3v) is 2.81. The zero-order valence-corrected chi connectivity index (χ0v) is 9.71. The van der Waals surface area contributed by atoms with Crippen molar-refractivity contribution in [3.8, 4) is 0 Å². The van der Waals surface area contributed by atoms with Gasteiger partial charge in [-0.25, -0.2) is 8.78 Å². The molecule has 18 heavy (non-hydrogen) atoms. The van der Waals surface area contributed by atoms with Gasteiger partial charge in [0.1, 0.15) is 5.82 Å². The first kappa shape index (κ1) is 12.8. The summed E-state index contributed by atoms with van der Waals surface area (Å²) < 4.78 is 31.9. The topological polar surface area (TPSA) is 64.4 Å². The van der Waals surface area contributed by atoms with Crippen LogP contribution in [0.15, 0.2) is 12.1 Å². The highest BCUT2D eigenvalue weighted by Crippen LogP contribution is 2.18. The fourth-order valence-electron chi connectivity index (χ4n) is 1.89. The molecular weight excluding hydrogens is 242 g/mol. The number of hydrogen-bond donors (Lipinski definition) is 2. The lowest BCUT2D eigenvalue weighted by molar-refractivity contribution is 0.0622. The molecule has 1 heterocycles. The van der Waals surface area contributed by atoms with Crippen LogP contribution in [0.3, 0.4) is 0 Å². The van der Waals surface area contributed by atoms with E-state index in [0.29, 0.717) is 13.2 Å². The van der Waals surface area contributed by atoms with Crippen LogP contribution in [-0.4, -0.2) is 25.2 Å². The van der Waals surface area contributed by atoms with Gasteiger partial charge in [0.15, 0.2) is 5.82 Å². The van der Waals surface area contributed by atoms with E-state index in [-0.39, 0.29) is 17.3 Å². The summed E-state index contributed by atoms with van der Waals surface area (Å²) in [5.74, 6) is -2.31. The van der Waals surface area contributed by atoms with Crippen LogP contribution in [0.25, 0.3) is 0 Å². The summed E-state index contributed by atoms with van der Waals surface area (Å²) in [5.41, 5.74) is 4.52. The van der Waals surface area contributed by atoms with Gasteiger partial charge in [0.05, 0.1) is 23.9 Å². The molecule has 1 aromatic rings. The normalized spacial score (nSPS) is 19.6. The maximum Gasteiger partial charge on any atom is 0.254 e. The largest absolute Gasteiger partial charge is 0.396 e. The van der Waals surface area contributed by atoms with Gasteiger partial charge in [-0.05, 0) is 25.0 Å². The molecule has 0 radical (unpaired) electrons. The smallest absolute Gasteiger partial charge is 0.254 e. The van der Waals surface area contributed by atoms with Crippen LogP contribution in [0.4, 0.5) is 14.5 Å². The van der Waals surface area contributed by atoms with Crippen molar-refractivity contribution < 1.29 is 18.3 Å². The minimum Gasteiger partial charge on any atom is -0.396 e. The maximum atomic E-state index is 13.6. The predicted molar refractivity (Wildman–Crippen MR) is 62.1 cm³/mol. The van der Waals surface area contributed by atoms with Crippen molar-refractivity contribution >= 4 is 11.6 Å². The number of ether oxygens (including phenoxy) is 1. The first-order chi connectivity index (χ1) is 8.58. The lowest BCUT2D eigenvalue weighted by Crippen LogP contribution is -2.41. The number of anilines is 1. The third-order valence-electron chi connectivity index (χ3n) is 2.81. The van der Waals surface area contributed by atoms with E-state index >= 15 is 0 Å². The molecule has 0 spiro atoms. The van der Waals surface area contributed by atoms with Crippen LogP contribution >= 0.6 is 0 Å². The van der Waals surface area contributed by atoms with Gasteiger partial charge in [0.2, 0.25) is 0 Å². The Kier molecular flexibility index (Phi) is 3.76. The molecule has 1 unspecified atom stereocenters. The zero-order chi connectivity index (χ0) is 13.1. The molecule has 0 aliphatic carbocycles. The zero-order valence-electron chi connectivity index (χ0n) is 9.71. The molecule has 1 aliphatic rings. The second-order valence-corrected chi connectivity index (χ2v) is 4.24. The van der Waals surface area contributed by atoms with Crippen molar-refractivity contribution in [2.75, 3.05) is 18.9 Å². The second kappa shape index (κ2) is 5.30. The molecule has 98 valence electrons. The van der Waals surface area contributed by atoms with Crippen LogP contribution in [0.2, 0.25) is 0 Å². The molecule has 1 fully saturated rings. The molecule has 3 N–H and O–H groups in total. The summed E-state index contributed by atoms with van der Waals surface area (Å²) >= 11 is 0. The second-order valence-electron chi connectivity index (χ2n) is 4.24. The Hall–Kier alpha value is -1.69. The number of rotatable bonds is 2. The van der Waals surface area contributed by atoms with Gasteiger partial charge >= 0.3 is 0 Å². The van der Waals surface area contributed by atoms with Crippen molar-refractivity contribution in [3.63, 3.8) is 0 Å². The van der Waals surface area contributed by atoms with Gasteiger partial charge in [0, 0.05) is 6.61 Å². The Labute approximate surface area is 103 Å². The Morgan fingerprint density at radius 1 is 1.44 bits per heavy atom. The van der Waals surface area contributed by atoms with Crippen molar-refractivity contribution in [3.05, 3.63) is 29.3 Å². The van der Waals surface area contributed by atoms with E-state index in [2.05, 4.69) is 5.32 Å². The molecule has 1 amide bonds.